The lowest BCUT2D eigenvalue weighted by atomic mass is 9.99. The van der Waals surface area contributed by atoms with Gasteiger partial charge in [-0.05, 0) is 75.6 Å². The molecular weight excluding hydrogens is 637 g/mol. The minimum absolute atomic E-state index is 0.0557. The van der Waals surface area contributed by atoms with E-state index >= 15 is 0 Å². The highest BCUT2D eigenvalue weighted by Gasteiger charge is 2.32. The third-order valence-corrected chi connectivity index (χ3v) is 9.10. The summed E-state index contributed by atoms with van der Waals surface area (Å²) >= 11 is 7.85. The zero-order valence-corrected chi connectivity index (χ0v) is 28.2. The highest BCUT2D eigenvalue weighted by molar-refractivity contribution is 7.15. The summed E-state index contributed by atoms with van der Waals surface area (Å²) in [6, 6.07) is 12.0. The third kappa shape index (κ3) is 7.85. The number of aliphatic imine (C=N–C) groups is 1. The highest BCUT2D eigenvalue weighted by atomic mass is 35.5. The molecule has 2 aromatic heterocycles. The lowest BCUT2D eigenvalue weighted by Gasteiger charge is -2.13. The number of carbonyl (C=O) groups excluding carboxylic acids is 2. The fourth-order valence-corrected chi connectivity index (χ4v) is 6.65. The number of nitrogens with two attached hydrogens (primary N) is 1. The molecule has 0 bridgehead atoms. The first kappa shape index (κ1) is 33.7. The van der Waals surface area contributed by atoms with Crippen LogP contribution in [0.3, 0.4) is 0 Å². The molecule has 0 saturated heterocycles. The predicted octanol–water partition coefficient (Wildman–Crippen LogP) is 6.37. The topological polar surface area (TPSA) is 127 Å². The van der Waals surface area contributed by atoms with E-state index in [-0.39, 0.29) is 37.0 Å². The molecule has 0 fully saturated rings. The van der Waals surface area contributed by atoms with Gasteiger partial charge in [0.1, 0.15) is 16.9 Å². The molecule has 12 heteroatoms. The summed E-state index contributed by atoms with van der Waals surface area (Å²) in [7, 11) is 0. The number of rotatable bonds is 9. The van der Waals surface area contributed by atoms with Crippen LogP contribution in [0.15, 0.2) is 53.3 Å². The van der Waals surface area contributed by atoms with Crippen molar-refractivity contribution in [1.82, 2.24) is 20.1 Å². The van der Waals surface area contributed by atoms with Gasteiger partial charge in [0.05, 0.1) is 24.5 Å². The average molecular weight is 672 g/mol. The van der Waals surface area contributed by atoms with E-state index in [1.807, 2.05) is 35.8 Å². The maximum absolute atomic E-state index is 13.5. The van der Waals surface area contributed by atoms with Crippen LogP contribution >= 0.6 is 22.9 Å². The first-order chi connectivity index (χ1) is 22.5. The van der Waals surface area contributed by atoms with Crippen LogP contribution in [0, 0.1) is 32.6 Å². The van der Waals surface area contributed by atoms with Gasteiger partial charge < -0.3 is 16.4 Å². The van der Waals surface area contributed by atoms with Crippen LogP contribution in [0.4, 0.5) is 10.1 Å². The summed E-state index contributed by atoms with van der Waals surface area (Å²) in [5.41, 5.74) is 11.0. The second-order valence-electron chi connectivity index (χ2n) is 11.1. The number of hydrogen-bond acceptors (Lipinski definition) is 7. The zero-order valence-electron chi connectivity index (χ0n) is 26.6. The van der Waals surface area contributed by atoms with Gasteiger partial charge in [0.25, 0.3) is 0 Å². The quantitative estimate of drug-likeness (QED) is 0.141. The van der Waals surface area contributed by atoms with E-state index in [0.717, 1.165) is 32.3 Å². The van der Waals surface area contributed by atoms with Crippen molar-refractivity contribution in [2.24, 2.45) is 10.7 Å². The Morgan fingerprint density at radius 1 is 1.13 bits per heavy atom. The monoisotopic (exact) mass is 671 g/mol. The summed E-state index contributed by atoms with van der Waals surface area (Å²) in [4.78, 5) is 32.2. The molecule has 242 valence electrons. The molecule has 1 unspecified atom stereocenters. The molecule has 1 aliphatic rings. The van der Waals surface area contributed by atoms with Crippen LogP contribution in [0.25, 0.3) is 11.1 Å². The second kappa shape index (κ2) is 14.9. The normalized spacial score (nSPS) is 13.9. The van der Waals surface area contributed by atoms with Crippen LogP contribution in [-0.2, 0) is 9.59 Å². The van der Waals surface area contributed by atoms with Gasteiger partial charge in [-0.3, -0.25) is 19.1 Å². The lowest BCUT2D eigenvalue weighted by Crippen LogP contribution is -2.27. The van der Waals surface area contributed by atoms with E-state index in [0.29, 0.717) is 46.5 Å². The largest absolute Gasteiger partial charge is 0.356 e. The molecule has 4 N–H and O–H groups in total. The van der Waals surface area contributed by atoms with Gasteiger partial charge in [0, 0.05) is 45.2 Å². The number of fused-ring (bicyclic) bond motifs is 3. The Kier molecular flexibility index (Phi) is 10.7. The average Bonchev–Trinajstić information content (AvgIpc) is 3.51. The number of benzene rings is 2. The number of aryl methyl sites for hydroxylation is 2. The number of amides is 2. The molecule has 4 aromatic rings. The minimum Gasteiger partial charge on any atom is -0.356 e. The van der Waals surface area contributed by atoms with Gasteiger partial charge in [-0.2, -0.15) is 0 Å². The van der Waals surface area contributed by atoms with Crippen LogP contribution < -0.4 is 16.4 Å². The fourth-order valence-electron chi connectivity index (χ4n) is 5.31. The van der Waals surface area contributed by atoms with E-state index in [4.69, 9.17) is 22.3 Å². The number of allylic oxidation sites excluding steroid dienone is 1. The number of nitrogens with zero attached hydrogens (tertiary/aromatic N) is 4. The number of aromatic nitrogens is 3. The van der Waals surface area contributed by atoms with Crippen molar-refractivity contribution in [1.29, 1.82) is 0 Å². The second-order valence-corrected chi connectivity index (χ2v) is 12.8. The van der Waals surface area contributed by atoms with E-state index < -0.39 is 6.04 Å². The highest BCUT2D eigenvalue weighted by Crippen LogP contribution is 2.39. The maximum atomic E-state index is 13.5. The summed E-state index contributed by atoms with van der Waals surface area (Å²) in [5, 5.41) is 16.2. The Hall–Kier alpha value is -4.63. The van der Waals surface area contributed by atoms with Crippen molar-refractivity contribution < 1.29 is 14.0 Å². The van der Waals surface area contributed by atoms with E-state index in [1.54, 1.807) is 29.5 Å². The molecule has 0 saturated carbocycles. The van der Waals surface area contributed by atoms with E-state index in [2.05, 4.69) is 46.5 Å². The van der Waals surface area contributed by atoms with Gasteiger partial charge in [-0.25, -0.2) is 4.39 Å². The van der Waals surface area contributed by atoms with Crippen molar-refractivity contribution in [3.8, 4) is 16.8 Å². The summed E-state index contributed by atoms with van der Waals surface area (Å²) in [5.74, 6) is 6.21. The van der Waals surface area contributed by atoms with Crippen molar-refractivity contribution in [2.75, 3.05) is 18.4 Å². The number of nitrogens with one attached hydrogen (secondary N) is 2. The molecule has 2 aromatic carbocycles. The molecule has 5 rings (SSSR count). The van der Waals surface area contributed by atoms with Crippen molar-refractivity contribution in [3.05, 3.63) is 97.7 Å². The van der Waals surface area contributed by atoms with Crippen LogP contribution in [-0.4, -0.2) is 45.4 Å². The predicted molar refractivity (Wildman–Crippen MR) is 186 cm³/mol. The molecular formula is C35H35ClFN7O2S. The van der Waals surface area contributed by atoms with Crippen LogP contribution in [0.5, 0.6) is 0 Å². The SMILES string of the molecule is CC(F)=Cc1ccc(NC(=O)CCCNC(=O)CC2N=C(c3ccc(Cl)cc3)c3c(sc(C)c3C)-n3c(C)nnc32)cc1C#CCN. The molecule has 3 heterocycles. The first-order valence-corrected chi connectivity index (χ1v) is 16.3. The standard InChI is InChI=1S/C35H35ClFN7O2S/c1-20(37)17-26-11-14-28(18-25(26)7-5-15-38)40-30(45)8-6-16-39-31(46)19-29-34-43-42-23(4)44(34)35-32(21(2)22(3)47-35)33(41-29)24-9-12-27(36)13-10-24/h9-14,17-18,29H,6,8,15-16,19,38H2,1-4H3,(H,39,46)(H,40,45). The van der Waals surface area contributed by atoms with Crippen molar-refractivity contribution >= 4 is 52.2 Å². The molecule has 9 nitrogen and oxygen atoms in total. The fraction of sp³-hybridized carbons (Fsp3) is 0.286. The minimum atomic E-state index is -0.583. The Labute approximate surface area is 282 Å². The maximum Gasteiger partial charge on any atom is 0.224 e. The van der Waals surface area contributed by atoms with E-state index in [9.17, 15) is 14.0 Å². The van der Waals surface area contributed by atoms with Gasteiger partial charge in [-0.15, -0.1) is 21.5 Å². The summed E-state index contributed by atoms with van der Waals surface area (Å²) in [6.45, 7) is 7.86. The molecule has 47 heavy (non-hydrogen) atoms. The number of halogens is 2. The first-order valence-electron chi connectivity index (χ1n) is 15.2. The number of hydrogen-bond donors (Lipinski definition) is 3. The Bertz CT molecular complexity index is 1950. The molecule has 0 radical (unpaired) electrons. The number of carbonyl (C=O) groups is 2. The van der Waals surface area contributed by atoms with Gasteiger partial charge >= 0.3 is 0 Å². The van der Waals surface area contributed by atoms with Crippen molar-refractivity contribution in [2.45, 2.75) is 53.0 Å². The van der Waals surface area contributed by atoms with Crippen LogP contribution in [0.1, 0.15) is 76.6 Å². The van der Waals surface area contributed by atoms with Gasteiger partial charge in [0.2, 0.25) is 11.8 Å². The molecule has 0 aliphatic carbocycles. The van der Waals surface area contributed by atoms with E-state index in [1.165, 1.54) is 13.0 Å². The Balaban J connectivity index is 1.25. The van der Waals surface area contributed by atoms with Gasteiger partial charge in [0.15, 0.2) is 5.82 Å². The Morgan fingerprint density at radius 2 is 1.89 bits per heavy atom. The number of thiophene rings is 1. The molecule has 1 aliphatic heterocycles. The molecule has 2 amide bonds. The smallest absolute Gasteiger partial charge is 0.224 e. The summed E-state index contributed by atoms with van der Waals surface area (Å²) < 4.78 is 15.5. The number of anilines is 1. The molecule has 0 spiro atoms. The summed E-state index contributed by atoms with van der Waals surface area (Å²) in [6.07, 6.45) is 2.04. The van der Waals surface area contributed by atoms with Crippen LogP contribution in [0.2, 0.25) is 5.02 Å². The molecule has 1 atom stereocenters. The lowest BCUT2D eigenvalue weighted by molar-refractivity contribution is -0.122. The Morgan fingerprint density at radius 3 is 2.62 bits per heavy atom. The zero-order chi connectivity index (χ0) is 33.7. The van der Waals surface area contributed by atoms with Crippen molar-refractivity contribution in [3.63, 3.8) is 0 Å². The van der Waals surface area contributed by atoms with Gasteiger partial charge in [-0.1, -0.05) is 41.6 Å². The third-order valence-electron chi connectivity index (χ3n) is 7.66.